The fourth-order valence-corrected chi connectivity index (χ4v) is 3.99. The van der Waals surface area contributed by atoms with Gasteiger partial charge in [0.15, 0.2) is 17.5 Å². The second kappa shape index (κ2) is 5.34. The van der Waals surface area contributed by atoms with E-state index in [0.717, 1.165) is 10.4 Å². The van der Waals surface area contributed by atoms with E-state index in [4.69, 9.17) is 0 Å². The van der Waals surface area contributed by atoms with Crippen molar-refractivity contribution in [2.75, 3.05) is 13.1 Å². The molecule has 1 aliphatic rings. The highest BCUT2D eigenvalue weighted by Crippen LogP contribution is 2.24. The maximum Gasteiger partial charge on any atom is 0.246 e. The molecule has 1 aromatic carbocycles. The van der Waals surface area contributed by atoms with Gasteiger partial charge >= 0.3 is 0 Å². The van der Waals surface area contributed by atoms with E-state index in [1.165, 1.54) is 0 Å². The van der Waals surface area contributed by atoms with E-state index >= 15 is 0 Å². The average Bonchev–Trinajstić information content (AvgIpc) is 2.34. The van der Waals surface area contributed by atoms with Crippen molar-refractivity contribution < 1.29 is 21.6 Å². The van der Waals surface area contributed by atoms with Gasteiger partial charge in [-0.3, -0.25) is 0 Å². The maximum absolute atomic E-state index is 13.7. The summed E-state index contributed by atoms with van der Waals surface area (Å²) in [6.07, 6.45) is 0. The third kappa shape index (κ3) is 2.68. The van der Waals surface area contributed by atoms with Gasteiger partial charge in [0.1, 0.15) is 4.90 Å². The molecule has 0 aliphatic carbocycles. The zero-order valence-electron chi connectivity index (χ0n) is 11.0. The summed E-state index contributed by atoms with van der Waals surface area (Å²) in [6, 6.07) is 1.14. The standard InChI is InChI=1S/C12H15F3N2O2S/c1-7-5-17(6-8(2)16-7)20(18,19)10-4-3-9(13)11(14)12(10)15/h3-4,7-8,16H,5-6H2,1-2H3. The van der Waals surface area contributed by atoms with Crippen LogP contribution in [0, 0.1) is 17.5 Å². The first-order chi connectivity index (χ1) is 9.23. The number of hydrogen-bond acceptors (Lipinski definition) is 3. The fraction of sp³-hybridized carbons (Fsp3) is 0.500. The van der Waals surface area contributed by atoms with Gasteiger partial charge in [0, 0.05) is 25.2 Å². The number of rotatable bonds is 2. The zero-order chi connectivity index (χ0) is 15.1. The maximum atomic E-state index is 13.7. The SMILES string of the molecule is CC1CN(S(=O)(=O)c2ccc(F)c(F)c2F)CC(C)N1. The molecule has 0 bridgehead atoms. The molecule has 0 radical (unpaired) electrons. The molecule has 1 N–H and O–H groups in total. The van der Waals surface area contributed by atoms with Crippen LogP contribution in [0.3, 0.4) is 0 Å². The Bertz CT molecular complexity index is 611. The first-order valence-corrected chi connectivity index (χ1v) is 7.57. The third-order valence-corrected chi connectivity index (χ3v) is 4.99. The van der Waals surface area contributed by atoms with Crippen LogP contribution in [0.15, 0.2) is 17.0 Å². The Morgan fingerprint density at radius 2 is 1.65 bits per heavy atom. The van der Waals surface area contributed by atoms with Crippen LogP contribution < -0.4 is 5.32 Å². The number of nitrogens with zero attached hydrogens (tertiary/aromatic N) is 1. The second-order valence-electron chi connectivity index (χ2n) is 4.96. The molecular formula is C12H15F3N2O2S. The van der Waals surface area contributed by atoms with E-state index in [1.54, 1.807) is 13.8 Å². The molecule has 1 saturated heterocycles. The van der Waals surface area contributed by atoms with Gasteiger partial charge in [0.2, 0.25) is 10.0 Å². The van der Waals surface area contributed by atoms with Crippen LogP contribution in [-0.2, 0) is 10.0 Å². The van der Waals surface area contributed by atoms with Crippen molar-refractivity contribution in [1.29, 1.82) is 0 Å². The summed E-state index contributed by atoms with van der Waals surface area (Å²) in [5.41, 5.74) is 0. The molecule has 1 aliphatic heterocycles. The van der Waals surface area contributed by atoms with E-state index < -0.39 is 32.4 Å². The molecule has 1 heterocycles. The quantitative estimate of drug-likeness (QED) is 0.842. The Hall–Kier alpha value is -1.12. The minimum atomic E-state index is -4.19. The summed E-state index contributed by atoms with van der Waals surface area (Å²) in [5, 5.41) is 3.13. The van der Waals surface area contributed by atoms with Crippen molar-refractivity contribution in [2.24, 2.45) is 0 Å². The Morgan fingerprint density at radius 3 is 2.20 bits per heavy atom. The van der Waals surface area contributed by atoms with Crippen molar-refractivity contribution in [2.45, 2.75) is 30.8 Å². The minimum Gasteiger partial charge on any atom is -0.309 e. The van der Waals surface area contributed by atoms with Crippen LogP contribution in [0.25, 0.3) is 0 Å². The molecule has 0 spiro atoms. The van der Waals surface area contributed by atoms with Crippen LogP contribution >= 0.6 is 0 Å². The van der Waals surface area contributed by atoms with Crippen molar-refractivity contribution in [1.82, 2.24) is 9.62 Å². The van der Waals surface area contributed by atoms with E-state index in [9.17, 15) is 21.6 Å². The lowest BCUT2D eigenvalue weighted by molar-refractivity contribution is 0.262. The van der Waals surface area contributed by atoms with Crippen LogP contribution in [0.5, 0.6) is 0 Å². The van der Waals surface area contributed by atoms with E-state index in [-0.39, 0.29) is 25.2 Å². The third-order valence-electron chi connectivity index (χ3n) is 3.14. The molecule has 0 amide bonds. The predicted octanol–water partition coefficient (Wildman–Crippen LogP) is 1.47. The number of hydrogen-bond donors (Lipinski definition) is 1. The molecule has 4 nitrogen and oxygen atoms in total. The summed E-state index contributed by atoms with van der Waals surface area (Å²) < 4.78 is 65.5. The fourth-order valence-electron chi connectivity index (χ4n) is 2.32. The molecule has 2 atom stereocenters. The second-order valence-corrected chi connectivity index (χ2v) is 6.87. The molecule has 1 fully saturated rings. The monoisotopic (exact) mass is 308 g/mol. The van der Waals surface area contributed by atoms with Gasteiger partial charge in [0.25, 0.3) is 0 Å². The van der Waals surface area contributed by atoms with Crippen molar-refractivity contribution >= 4 is 10.0 Å². The highest BCUT2D eigenvalue weighted by atomic mass is 32.2. The van der Waals surface area contributed by atoms with Gasteiger partial charge in [-0.05, 0) is 26.0 Å². The first-order valence-electron chi connectivity index (χ1n) is 6.13. The number of halogens is 3. The summed E-state index contributed by atoms with van der Waals surface area (Å²) >= 11 is 0. The Balaban J connectivity index is 2.43. The average molecular weight is 308 g/mol. The largest absolute Gasteiger partial charge is 0.309 e. The molecule has 112 valence electrons. The highest BCUT2D eigenvalue weighted by Gasteiger charge is 2.34. The summed E-state index contributed by atoms with van der Waals surface area (Å²) in [5.74, 6) is -4.87. The molecule has 1 aromatic rings. The van der Waals surface area contributed by atoms with Crippen LogP contribution in [0.2, 0.25) is 0 Å². The lowest BCUT2D eigenvalue weighted by atomic mass is 10.2. The van der Waals surface area contributed by atoms with Crippen molar-refractivity contribution in [3.8, 4) is 0 Å². The van der Waals surface area contributed by atoms with Crippen LogP contribution in [0.1, 0.15) is 13.8 Å². The lowest BCUT2D eigenvalue weighted by Crippen LogP contribution is -2.55. The van der Waals surface area contributed by atoms with Gasteiger partial charge < -0.3 is 5.32 Å². The molecule has 20 heavy (non-hydrogen) atoms. The number of piperazine rings is 1. The normalized spacial score (nSPS) is 24.9. The zero-order valence-corrected chi connectivity index (χ0v) is 11.8. The topological polar surface area (TPSA) is 49.4 Å². The molecule has 2 rings (SSSR count). The predicted molar refractivity (Wildman–Crippen MR) is 67.1 cm³/mol. The van der Waals surface area contributed by atoms with E-state index in [0.29, 0.717) is 6.07 Å². The Labute approximate surface area is 115 Å². The Morgan fingerprint density at radius 1 is 1.10 bits per heavy atom. The van der Waals surface area contributed by atoms with Gasteiger partial charge in [-0.2, -0.15) is 4.31 Å². The molecule has 0 aromatic heterocycles. The van der Waals surface area contributed by atoms with Crippen LogP contribution in [-0.4, -0.2) is 37.9 Å². The summed E-state index contributed by atoms with van der Waals surface area (Å²) in [4.78, 5) is -0.835. The number of nitrogens with one attached hydrogen (secondary N) is 1. The van der Waals surface area contributed by atoms with Gasteiger partial charge in [0.05, 0.1) is 0 Å². The van der Waals surface area contributed by atoms with Crippen molar-refractivity contribution in [3.63, 3.8) is 0 Å². The van der Waals surface area contributed by atoms with Gasteiger partial charge in [-0.25, -0.2) is 21.6 Å². The smallest absolute Gasteiger partial charge is 0.246 e. The molecular weight excluding hydrogens is 293 g/mol. The minimum absolute atomic E-state index is 0.109. The summed E-state index contributed by atoms with van der Waals surface area (Å²) in [7, 11) is -4.19. The van der Waals surface area contributed by atoms with E-state index in [2.05, 4.69) is 5.32 Å². The van der Waals surface area contributed by atoms with E-state index in [1.807, 2.05) is 0 Å². The molecule has 2 unspecified atom stereocenters. The number of benzene rings is 1. The summed E-state index contributed by atoms with van der Waals surface area (Å²) in [6.45, 7) is 3.87. The Kier molecular flexibility index (Phi) is 4.08. The van der Waals surface area contributed by atoms with Crippen molar-refractivity contribution in [3.05, 3.63) is 29.6 Å². The molecule has 8 heteroatoms. The first kappa shape index (κ1) is 15.3. The number of sulfonamides is 1. The highest BCUT2D eigenvalue weighted by molar-refractivity contribution is 7.89. The lowest BCUT2D eigenvalue weighted by Gasteiger charge is -2.35. The van der Waals surface area contributed by atoms with Gasteiger partial charge in [-0.15, -0.1) is 0 Å². The van der Waals surface area contributed by atoms with Gasteiger partial charge in [-0.1, -0.05) is 0 Å². The van der Waals surface area contributed by atoms with Crippen LogP contribution in [0.4, 0.5) is 13.2 Å². The molecule has 0 saturated carbocycles.